The van der Waals surface area contributed by atoms with Crippen molar-refractivity contribution < 1.29 is 4.74 Å². The minimum Gasteiger partial charge on any atom is -0.471 e. The largest absolute Gasteiger partial charge is 0.471 e. The van der Waals surface area contributed by atoms with Crippen molar-refractivity contribution in [2.45, 2.75) is 32.3 Å². The van der Waals surface area contributed by atoms with Gasteiger partial charge in [0.25, 0.3) is 0 Å². The summed E-state index contributed by atoms with van der Waals surface area (Å²) in [6.07, 6.45) is 9.21. The molecule has 0 unspecified atom stereocenters. The molecule has 0 atom stereocenters. The average molecular weight is 353 g/mol. The first-order valence-electron chi connectivity index (χ1n) is 8.33. The maximum Gasteiger partial charge on any atom is 0.214 e. The fourth-order valence-electron chi connectivity index (χ4n) is 3.10. The van der Waals surface area contributed by atoms with Gasteiger partial charge in [-0.05, 0) is 43.4 Å². The number of nitrogens with zero attached hydrogens (tertiary/aromatic N) is 4. The van der Waals surface area contributed by atoms with E-state index in [-0.39, 0.29) is 0 Å². The summed E-state index contributed by atoms with van der Waals surface area (Å²) in [4.78, 5) is 17.6. The lowest BCUT2D eigenvalue weighted by molar-refractivity contribution is 0.288. The monoisotopic (exact) mass is 352 g/mol. The third-order valence-electron chi connectivity index (χ3n) is 4.28. The molecule has 0 N–H and O–H groups in total. The predicted octanol–water partition coefficient (Wildman–Crippen LogP) is 4.04. The van der Waals surface area contributed by atoms with Crippen molar-refractivity contribution >= 4 is 11.6 Å². The average Bonchev–Trinajstić information content (AvgIpc) is 2.67. The van der Waals surface area contributed by atoms with Crippen LogP contribution in [0.2, 0.25) is 5.15 Å². The number of aryl methyl sites for hydroxylation is 1. The van der Waals surface area contributed by atoms with E-state index in [1.165, 1.54) is 5.56 Å². The van der Waals surface area contributed by atoms with E-state index in [0.29, 0.717) is 23.3 Å². The van der Waals surface area contributed by atoms with Gasteiger partial charge in [-0.25, -0.2) is 9.97 Å². The number of rotatable bonds is 4. The van der Waals surface area contributed by atoms with Crippen molar-refractivity contribution in [2.24, 2.45) is 0 Å². The van der Waals surface area contributed by atoms with Gasteiger partial charge in [-0.2, -0.15) is 0 Å². The molecule has 3 aromatic rings. The summed E-state index contributed by atoms with van der Waals surface area (Å²) >= 11 is 6.28. The molecule has 0 saturated carbocycles. The van der Waals surface area contributed by atoms with Crippen LogP contribution in [0.1, 0.15) is 29.8 Å². The van der Waals surface area contributed by atoms with Gasteiger partial charge in [-0.15, -0.1) is 0 Å². The highest BCUT2D eigenvalue weighted by atomic mass is 35.5. The Morgan fingerprint density at radius 2 is 1.88 bits per heavy atom. The Kier molecular flexibility index (Phi) is 4.57. The first-order chi connectivity index (χ1) is 12.3. The minimum atomic E-state index is 0.375. The second-order valence-electron chi connectivity index (χ2n) is 5.95. The molecule has 0 amide bonds. The number of hydrogen-bond acceptors (Lipinski definition) is 5. The molecule has 6 heteroatoms. The van der Waals surface area contributed by atoms with Crippen molar-refractivity contribution in [2.75, 3.05) is 0 Å². The Labute approximate surface area is 151 Å². The number of pyridine rings is 2. The Bertz CT molecular complexity index is 886. The highest BCUT2D eigenvalue weighted by molar-refractivity contribution is 6.31. The van der Waals surface area contributed by atoms with Gasteiger partial charge in [0, 0.05) is 35.9 Å². The van der Waals surface area contributed by atoms with Crippen LogP contribution in [0, 0.1) is 0 Å². The molecule has 0 fully saturated rings. The van der Waals surface area contributed by atoms with Gasteiger partial charge in [-0.3, -0.25) is 9.97 Å². The van der Waals surface area contributed by atoms with E-state index in [2.05, 4.69) is 15.0 Å². The third kappa shape index (κ3) is 3.46. The van der Waals surface area contributed by atoms with E-state index < -0.39 is 0 Å². The van der Waals surface area contributed by atoms with E-state index in [1.807, 2.05) is 24.3 Å². The van der Waals surface area contributed by atoms with Gasteiger partial charge in [0.1, 0.15) is 12.3 Å². The van der Waals surface area contributed by atoms with Crippen molar-refractivity contribution in [3.63, 3.8) is 0 Å². The molecule has 0 saturated heterocycles. The zero-order valence-electron chi connectivity index (χ0n) is 13.7. The quantitative estimate of drug-likeness (QED) is 0.709. The van der Waals surface area contributed by atoms with Crippen LogP contribution in [0.5, 0.6) is 5.88 Å². The van der Waals surface area contributed by atoms with Crippen LogP contribution >= 0.6 is 11.6 Å². The SMILES string of the molecule is Clc1nccnc1-c1cc(OCc2ccccn2)nc2c1CCCC2. The minimum absolute atomic E-state index is 0.375. The van der Waals surface area contributed by atoms with Gasteiger partial charge in [0.2, 0.25) is 5.88 Å². The zero-order chi connectivity index (χ0) is 17.1. The Morgan fingerprint density at radius 3 is 2.72 bits per heavy atom. The molecule has 126 valence electrons. The number of aromatic nitrogens is 4. The molecule has 1 aliphatic rings. The van der Waals surface area contributed by atoms with Crippen molar-refractivity contribution in [3.8, 4) is 17.1 Å². The fourth-order valence-corrected chi connectivity index (χ4v) is 3.30. The lowest BCUT2D eigenvalue weighted by atomic mass is 9.91. The number of hydrogen-bond donors (Lipinski definition) is 0. The van der Waals surface area contributed by atoms with Gasteiger partial charge < -0.3 is 4.74 Å². The summed E-state index contributed by atoms with van der Waals surface area (Å²) in [5.74, 6) is 0.572. The van der Waals surface area contributed by atoms with Crippen LogP contribution in [0.25, 0.3) is 11.3 Å². The zero-order valence-corrected chi connectivity index (χ0v) is 14.4. The molecular formula is C19H17ClN4O. The van der Waals surface area contributed by atoms with Crippen molar-refractivity contribution in [1.82, 2.24) is 19.9 Å². The number of ether oxygens (including phenoxy) is 1. The lowest BCUT2D eigenvalue weighted by Crippen LogP contribution is -2.10. The van der Waals surface area contributed by atoms with E-state index >= 15 is 0 Å². The summed E-state index contributed by atoms with van der Waals surface area (Å²) in [5, 5.41) is 0.400. The van der Waals surface area contributed by atoms with Crippen molar-refractivity contribution in [3.05, 3.63) is 65.0 Å². The van der Waals surface area contributed by atoms with Crippen LogP contribution < -0.4 is 4.74 Å². The molecule has 0 spiro atoms. The number of fused-ring (bicyclic) bond motifs is 1. The van der Waals surface area contributed by atoms with Crippen LogP contribution in [-0.2, 0) is 19.4 Å². The standard InChI is InChI=1S/C19H17ClN4O/c20-19-18(22-9-10-23-19)15-11-17(24-16-7-2-1-6-14(15)16)25-12-13-5-3-4-8-21-13/h3-5,8-11H,1-2,6-7,12H2. The van der Waals surface area contributed by atoms with Crippen LogP contribution in [0.3, 0.4) is 0 Å². The van der Waals surface area contributed by atoms with Crippen LogP contribution in [0.4, 0.5) is 0 Å². The summed E-state index contributed by atoms with van der Waals surface area (Å²) < 4.78 is 5.90. The Hall–Kier alpha value is -2.53. The maximum absolute atomic E-state index is 6.28. The highest BCUT2D eigenvalue weighted by Gasteiger charge is 2.20. The summed E-state index contributed by atoms with van der Waals surface area (Å²) in [5.41, 5.74) is 4.80. The summed E-state index contributed by atoms with van der Waals surface area (Å²) in [7, 11) is 0. The molecule has 25 heavy (non-hydrogen) atoms. The normalized spacial score (nSPS) is 13.3. The third-order valence-corrected chi connectivity index (χ3v) is 4.56. The van der Waals surface area contributed by atoms with Crippen LogP contribution in [0.15, 0.2) is 42.9 Å². The molecule has 1 aliphatic carbocycles. The van der Waals surface area contributed by atoms with E-state index in [4.69, 9.17) is 21.3 Å². The first-order valence-corrected chi connectivity index (χ1v) is 8.71. The second-order valence-corrected chi connectivity index (χ2v) is 6.30. The maximum atomic E-state index is 6.28. The molecular weight excluding hydrogens is 336 g/mol. The highest BCUT2D eigenvalue weighted by Crippen LogP contribution is 2.34. The summed E-state index contributed by atoms with van der Waals surface area (Å²) in [6.45, 7) is 0.375. The molecule has 0 aromatic carbocycles. The van der Waals surface area contributed by atoms with Gasteiger partial charge in [-0.1, -0.05) is 17.7 Å². The lowest BCUT2D eigenvalue weighted by Gasteiger charge is -2.20. The molecule has 3 aromatic heterocycles. The molecule has 0 bridgehead atoms. The molecule has 4 rings (SSSR count). The predicted molar refractivity (Wildman–Crippen MR) is 95.5 cm³/mol. The Morgan fingerprint density at radius 1 is 1.00 bits per heavy atom. The molecule has 5 nitrogen and oxygen atoms in total. The molecule has 3 heterocycles. The van der Waals surface area contributed by atoms with Gasteiger partial charge >= 0.3 is 0 Å². The topological polar surface area (TPSA) is 60.8 Å². The second kappa shape index (κ2) is 7.15. The first kappa shape index (κ1) is 16.0. The van der Waals surface area contributed by atoms with Crippen molar-refractivity contribution in [1.29, 1.82) is 0 Å². The Balaban J connectivity index is 1.71. The summed E-state index contributed by atoms with van der Waals surface area (Å²) in [6, 6.07) is 7.67. The van der Waals surface area contributed by atoms with E-state index in [0.717, 1.165) is 42.6 Å². The molecule has 0 aliphatic heterocycles. The van der Waals surface area contributed by atoms with Crippen LogP contribution in [-0.4, -0.2) is 19.9 Å². The van der Waals surface area contributed by atoms with Gasteiger partial charge in [0.05, 0.1) is 5.69 Å². The number of halogens is 1. The van der Waals surface area contributed by atoms with E-state index in [9.17, 15) is 0 Å². The van der Waals surface area contributed by atoms with E-state index in [1.54, 1.807) is 18.6 Å². The fraction of sp³-hybridized carbons (Fsp3) is 0.263. The molecule has 0 radical (unpaired) electrons. The smallest absolute Gasteiger partial charge is 0.214 e. The van der Waals surface area contributed by atoms with Gasteiger partial charge in [0.15, 0.2) is 5.15 Å².